The van der Waals surface area contributed by atoms with E-state index in [1.54, 1.807) is 32.0 Å². The Hall–Kier alpha value is -2.57. The Kier molecular flexibility index (Phi) is 3.48. The normalized spacial score (nSPS) is 21.0. The molecule has 1 aliphatic heterocycles. The number of hydrogen-bond acceptors (Lipinski definition) is 4. The second-order valence-electron chi connectivity index (χ2n) is 5.12. The number of fused-ring (bicyclic) bond motifs is 1. The summed E-state index contributed by atoms with van der Waals surface area (Å²) in [5.41, 5.74) is 1.24. The van der Waals surface area contributed by atoms with Crippen LogP contribution in [0.15, 0.2) is 39.8 Å². The summed E-state index contributed by atoms with van der Waals surface area (Å²) in [6.45, 7) is 3.50. The second-order valence-corrected chi connectivity index (χ2v) is 5.12. The fourth-order valence-electron chi connectivity index (χ4n) is 2.18. The molecule has 0 aromatic carbocycles. The fraction of sp³-hybridized carbons (Fsp3) is 0.267. The van der Waals surface area contributed by atoms with Gasteiger partial charge in [-0.1, -0.05) is 0 Å². The number of amidine groups is 1. The van der Waals surface area contributed by atoms with E-state index in [-0.39, 0.29) is 17.5 Å². The Bertz CT molecular complexity index is 822. The van der Waals surface area contributed by atoms with Crippen LogP contribution in [0.5, 0.6) is 0 Å². The van der Waals surface area contributed by atoms with Gasteiger partial charge in [-0.25, -0.2) is 14.4 Å². The predicted molar refractivity (Wildman–Crippen MR) is 79.0 cm³/mol. The zero-order chi connectivity index (χ0) is 15.9. The molecule has 7 heteroatoms. The summed E-state index contributed by atoms with van der Waals surface area (Å²) in [4.78, 5) is 13.8. The van der Waals surface area contributed by atoms with Crippen molar-refractivity contribution < 1.29 is 13.2 Å². The minimum atomic E-state index is -0.625. The Morgan fingerprint density at radius 1 is 1.36 bits per heavy atom. The molecule has 3 rings (SSSR count). The maximum atomic E-state index is 13.5. The minimum Gasteiger partial charge on any atom is -0.418 e. The number of rotatable bonds is 2. The van der Waals surface area contributed by atoms with Gasteiger partial charge in [0.15, 0.2) is 0 Å². The van der Waals surface area contributed by atoms with E-state index in [4.69, 9.17) is 4.42 Å². The quantitative estimate of drug-likeness (QED) is 0.797. The minimum absolute atomic E-state index is 0.134. The number of nitrogens with zero attached hydrogens (tertiary/aromatic N) is 4. The van der Waals surface area contributed by atoms with Crippen molar-refractivity contribution in [2.75, 3.05) is 7.05 Å². The molecule has 5 nitrogen and oxygen atoms in total. The first-order chi connectivity index (χ1) is 10.5. The van der Waals surface area contributed by atoms with Crippen LogP contribution < -0.4 is 0 Å². The number of halogens is 2. The van der Waals surface area contributed by atoms with E-state index in [2.05, 4.69) is 15.0 Å². The number of hydrogen-bond donors (Lipinski definition) is 0. The molecule has 0 fully saturated rings. The summed E-state index contributed by atoms with van der Waals surface area (Å²) in [5, 5.41) is 0. The van der Waals surface area contributed by atoms with Crippen molar-refractivity contribution in [2.24, 2.45) is 10.9 Å². The van der Waals surface area contributed by atoms with Gasteiger partial charge < -0.3 is 9.32 Å². The maximum Gasteiger partial charge on any atom is 0.250 e. The standard InChI is InChI=1S/C15H14F2N4O/c1-8(6-18-13-9(2)10(16)7-21(13)3)14-19-11-4-5-12(17)20-15(11)22-14/h4-7,9H,1-3H3/b8-6+,18-13?. The van der Waals surface area contributed by atoms with E-state index < -0.39 is 5.95 Å². The maximum absolute atomic E-state index is 13.5. The van der Waals surface area contributed by atoms with Gasteiger partial charge in [-0.05, 0) is 26.0 Å². The summed E-state index contributed by atoms with van der Waals surface area (Å²) < 4.78 is 31.9. The Morgan fingerprint density at radius 3 is 2.82 bits per heavy atom. The van der Waals surface area contributed by atoms with E-state index >= 15 is 0 Å². The van der Waals surface area contributed by atoms with Crippen molar-refractivity contribution in [3.05, 3.63) is 42.2 Å². The van der Waals surface area contributed by atoms with Gasteiger partial charge in [0.2, 0.25) is 17.6 Å². The molecule has 0 saturated heterocycles. The molecule has 0 bridgehead atoms. The van der Waals surface area contributed by atoms with Crippen molar-refractivity contribution in [2.45, 2.75) is 13.8 Å². The first-order valence-corrected chi connectivity index (χ1v) is 6.73. The SMILES string of the molecule is C/C(=C\N=C1C(C)C(F)=CN1C)c1nc2ccc(F)nc2o1. The molecule has 1 unspecified atom stereocenters. The summed E-state index contributed by atoms with van der Waals surface area (Å²) in [6, 6.07) is 2.72. The zero-order valence-corrected chi connectivity index (χ0v) is 12.3. The summed E-state index contributed by atoms with van der Waals surface area (Å²) in [5.74, 6) is -0.335. The Balaban J connectivity index is 1.90. The number of aromatic nitrogens is 2. The molecule has 1 atom stereocenters. The largest absolute Gasteiger partial charge is 0.418 e. The third-order valence-electron chi connectivity index (χ3n) is 3.43. The molecule has 3 heterocycles. The van der Waals surface area contributed by atoms with Crippen LogP contribution >= 0.6 is 0 Å². The highest BCUT2D eigenvalue weighted by atomic mass is 19.1. The molecule has 114 valence electrons. The van der Waals surface area contributed by atoms with Crippen molar-refractivity contribution in [1.82, 2.24) is 14.9 Å². The summed E-state index contributed by atoms with van der Waals surface area (Å²) >= 11 is 0. The molecular formula is C15H14F2N4O. The van der Waals surface area contributed by atoms with Crippen LogP contribution in [-0.2, 0) is 0 Å². The van der Waals surface area contributed by atoms with Crippen LogP contribution in [0.2, 0.25) is 0 Å². The molecule has 0 radical (unpaired) electrons. The van der Waals surface area contributed by atoms with Crippen LogP contribution in [0.1, 0.15) is 19.7 Å². The van der Waals surface area contributed by atoms with Gasteiger partial charge >= 0.3 is 0 Å². The van der Waals surface area contributed by atoms with Gasteiger partial charge in [0.25, 0.3) is 0 Å². The fourth-order valence-corrected chi connectivity index (χ4v) is 2.18. The van der Waals surface area contributed by atoms with Crippen molar-refractivity contribution in [3.8, 4) is 0 Å². The van der Waals surface area contributed by atoms with Crippen LogP contribution in [0.25, 0.3) is 16.8 Å². The number of allylic oxidation sites excluding steroid dienone is 1. The number of aliphatic imine (C=N–C) groups is 1. The van der Waals surface area contributed by atoms with Gasteiger partial charge in [0.05, 0.1) is 5.92 Å². The number of pyridine rings is 1. The van der Waals surface area contributed by atoms with Crippen LogP contribution in [-0.4, -0.2) is 27.8 Å². The Labute approximate surface area is 125 Å². The highest BCUT2D eigenvalue weighted by Gasteiger charge is 2.25. The highest BCUT2D eigenvalue weighted by molar-refractivity contribution is 5.90. The van der Waals surface area contributed by atoms with Crippen LogP contribution in [0, 0.1) is 11.9 Å². The third-order valence-corrected chi connectivity index (χ3v) is 3.43. The zero-order valence-electron chi connectivity index (χ0n) is 12.3. The topological polar surface area (TPSA) is 54.5 Å². The first kappa shape index (κ1) is 14.4. The molecular weight excluding hydrogens is 290 g/mol. The number of oxazole rings is 1. The average Bonchev–Trinajstić information content (AvgIpc) is 2.99. The molecule has 22 heavy (non-hydrogen) atoms. The molecule has 0 amide bonds. The van der Waals surface area contributed by atoms with E-state index in [0.29, 0.717) is 22.8 Å². The smallest absolute Gasteiger partial charge is 0.250 e. The molecule has 0 saturated carbocycles. The lowest BCUT2D eigenvalue weighted by molar-refractivity contribution is 0.543. The molecule has 0 aliphatic carbocycles. The van der Waals surface area contributed by atoms with Gasteiger partial charge in [0.1, 0.15) is 17.2 Å². The van der Waals surface area contributed by atoms with E-state index in [1.165, 1.54) is 18.3 Å². The first-order valence-electron chi connectivity index (χ1n) is 6.73. The monoisotopic (exact) mass is 304 g/mol. The van der Waals surface area contributed by atoms with E-state index in [0.717, 1.165) is 0 Å². The molecule has 0 N–H and O–H groups in total. The van der Waals surface area contributed by atoms with Gasteiger partial charge in [-0.2, -0.15) is 9.37 Å². The van der Waals surface area contributed by atoms with Crippen molar-refractivity contribution >= 4 is 22.6 Å². The molecule has 2 aromatic heterocycles. The van der Waals surface area contributed by atoms with Gasteiger partial charge in [-0.3, -0.25) is 0 Å². The van der Waals surface area contributed by atoms with Crippen molar-refractivity contribution in [3.63, 3.8) is 0 Å². The lowest BCUT2D eigenvalue weighted by atomic mass is 10.2. The molecule has 0 spiro atoms. The van der Waals surface area contributed by atoms with Crippen LogP contribution in [0.4, 0.5) is 8.78 Å². The van der Waals surface area contributed by atoms with Crippen molar-refractivity contribution in [1.29, 1.82) is 0 Å². The third kappa shape index (κ3) is 2.49. The Morgan fingerprint density at radius 2 is 2.14 bits per heavy atom. The van der Waals surface area contributed by atoms with E-state index in [1.807, 2.05) is 0 Å². The predicted octanol–water partition coefficient (Wildman–Crippen LogP) is 3.51. The lowest BCUT2D eigenvalue weighted by Crippen LogP contribution is -2.20. The van der Waals surface area contributed by atoms with E-state index in [9.17, 15) is 8.78 Å². The summed E-state index contributed by atoms with van der Waals surface area (Å²) in [6.07, 6.45) is 2.95. The average molecular weight is 304 g/mol. The second kappa shape index (κ2) is 5.32. The lowest BCUT2D eigenvalue weighted by Gasteiger charge is -2.11. The molecule has 1 aliphatic rings. The summed E-state index contributed by atoms with van der Waals surface area (Å²) in [7, 11) is 1.73. The van der Waals surface area contributed by atoms with Gasteiger partial charge in [-0.15, -0.1) is 0 Å². The molecule has 2 aromatic rings. The van der Waals surface area contributed by atoms with Gasteiger partial charge in [0, 0.05) is 25.0 Å². The van der Waals surface area contributed by atoms with Crippen LogP contribution in [0.3, 0.4) is 0 Å². The highest BCUT2D eigenvalue weighted by Crippen LogP contribution is 2.24.